The van der Waals surface area contributed by atoms with Crippen LogP contribution in [0.3, 0.4) is 0 Å². The fourth-order valence-electron chi connectivity index (χ4n) is 4.05. The number of nitrogens with zero attached hydrogens (tertiary/aromatic N) is 3. The highest BCUT2D eigenvalue weighted by molar-refractivity contribution is 5.92. The van der Waals surface area contributed by atoms with Crippen LogP contribution in [0.15, 0.2) is 30.3 Å². The van der Waals surface area contributed by atoms with Crippen molar-refractivity contribution in [1.29, 1.82) is 0 Å². The number of piperidine rings is 1. The van der Waals surface area contributed by atoms with Crippen molar-refractivity contribution in [2.24, 2.45) is 0 Å². The molecule has 1 spiro atoms. The van der Waals surface area contributed by atoms with Gasteiger partial charge in [0.05, 0.1) is 5.69 Å². The average Bonchev–Trinajstić information content (AvgIpc) is 3.02. The molecule has 0 saturated carbocycles. The summed E-state index contributed by atoms with van der Waals surface area (Å²) in [6.45, 7) is 6.15. The van der Waals surface area contributed by atoms with Crippen molar-refractivity contribution in [1.82, 2.24) is 14.7 Å². The largest absolute Gasteiger partial charge is 0.487 e. The van der Waals surface area contributed by atoms with E-state index >= 15 is 0 Å². The van der Waals surface area contributed by atoms with Crippen LogP contribution in [-0.4, -0.2) is 39.3 Å². The third-order valence-corrected chi connectivity index (χ3v) is 5.53. The maximum atomic E-state index is 12.9. The maximum Gasteiger partial charge on any atom is 0.272 e. The second-order valence-corrected chi connectivity index (χ2v) is 7.17. The Morgan fingerprint density at radius 1 is 1.24 bits per heavy atom. The van der Waals surface area contributed by atoms with Gasteiger partial charge in [0.1, 0.15) is 17.0 Å². The minimum absolute atomic E-state index is 0.0912. The Balaban J connectivity index is 1.46. The molecule has 0 unspecified atom stereocenters. The van der Waals surface area contributed by atoms with E-state index in [0.717, 1.165) is 50.2 Å². The molecule has 1 saturated heterocycles. The molecule has 1 aromatic heterocycles. The van der Waals surface area contributed by atoms with Crippen molar-refractivity contribution in [2.45, 2.75) is 51.7 Å². The second-order valence-electron chi connectivity index (χ2n) is 7.17. The summed E-state index contributed by atoms with van der Waals surface area (Å²) >= 11 is 0. The summed E-state index contributed by atoms with van der Waals surface area (Å²) in [5, 5.41) is 4.40. The van der Waals surface area contributed by atoms with Crippen molar-refractivity contribution in [2.75, 3.05) is 13.1 Å². The molecule has 25 heavy (non-hydrogen) atoms. The molecule has 0 radical (unpaired) electrons. The number of likely N-dealkylation sites (tertiary alicyclic amines) is 1. The molecule has 0 N–H and O–H groups in total. The first-order chi connectivity index (χ1) is 12.1. The number of fused-ring (bicyclic) bond motifs is 1. The second kappa shape index (κ2) is 6.21. The summed E-state index contributed by atoms with van der Waals surface area (Å²) < 4.78 is 8.19. The topological polar surface area (TPSA) is 47.4 Å². The monoisotopic (exact) mass is 339 g/mol. The predicted molar refractivity (Wildman–Crippen MR) is 95.9 cm³/mol. The Hall–Kier alpha value is -2.30. The Bertz CT molecular complexity index is 788. The Kier molecular flexibility index (Phi) is 4.02. The van der Waals surface area contributed by atoms with Gasteiger partial charge in [-0.05, 0) is 44.4 Å². The molecule has 2 aliphatic rings. The molecular formula is C20H25N3O2. The number of ether oxygens (including phenoxy) is 1. The van der Waals surface area contributed by atoms with Crippen LogP contribution < -0.4 is 4.74 Å². The van der Waals surface area contributed by atoms with E-state index in [4.69, 9.17) is 4.74 Å². The van der Waals surface area contributed by atoms with Crippen molar-refractivity contribution in [3.05, 3.63) is 47.3 Å². The molecule has 1 fully saturated rings. The molecule has 4 rings (SSSR count). The summed E-state index contributed by atoms with van der Waals surface area (Å²) in [6, 6.07) is 10.2. The van der Waals surface area contributed by atoms with Crippen molar-refractivity contribution < 1.29 is 9.53 Å². The molecule has 2 aromatic rings. The number of hydrogen-bond acceptors (Lipinski definition) is 3. The van der Waals surface area contributed by atoms with Crippen molar-refractivity contribution in [3.8, 4) is 5.75 Å². The van der Waals surface area contributed by atoms with E-state index in [1.54, 1.807) is 4.68 Å². The predicted octanol–water partition coefficient (Wildman–Crippen LogP) is 3.21. The first-order valence-electron chi connectivity index (χ1n) is 9.21. The van der Waals surface area contributed by atoms with Gasteiger partial charge in [0, 0.05) is 32.5 Å². The van der Waals surface area contributed by atoms with Gasteiger partial charge >= 0.3 is 0 Å². The van der Waals surface area contributed by atoms with Crippen LogP contribution in [0.5, 0.6) is 5.75 Å². The molecule has 132 valence electrons. The van der Waals surface area contributed by atoms with E-state index in [2.05, 4.69) is 23.3 Å². The summed E-state index contributed by atoms with van der Waals surface area (Å²) in [5.74, 6) is 1.11. The van der Waals surface area contributed by atoms with Gasteiger partial charge in [-0.25, -0.2) is 0 Å². The van der Waals surface area contributed by atoms with E-state index in [1.807, 2.05) is 30.9 Å². The number of aromatic nitrogens is 2. The van der Waals surface area contributed by atoms with Gasteiger partial charge < -0.3 is 9.64 Å². The molecule has 1 amide bonds. The van der Waals surface area contributed by atoms with E-state index in [9.17, 15) is 4.79 Å². The summed E-state index contributed by atoms with van der Waals surface area (Å²) in [4.78, 5) is 14.8. The van der Waals surface area contributed by atoms with Gasteiger partial charge in [0.15, 0.2) is 0 Å². The molecule has 5 nitrogen and oxygen atoms in total. The number of amides is 1. The van der Waals surface area contributed by atoms with Crippen LogP contribution in [0.2, 0.25) is 0 Å². The normalized spacial score (nSPS) is 18.7. The third kappa shape index (κ3) is 2.92. The smallest absolute Gasteiger partial charge is 0.272 e. The summed E-state index contributed by atoms with van der Waals surface area (Å²) in [6.07, 6.45) is 3.89. The Labute approximate surface area is 148 Å². The fourth-order valence-corrected chi connectivity index (χ4v) is 4.05. The summed E-state index contributed by atoms with van der Waals surface area (Å²) in [7, 11) is 0. The Morgan fingerprint density at radius 2 is 2.00 bits per heavy atom. The standard InChI is InChI=1S/C20H25N3O2/c1-3-23-17(14-15(2)21-23)19(24)22-12-10-20(11-13-22)9-8-16-6-4-5-7-18(16)25-20/h4-7,14H,3,8-13H2,1-2H3. The van der Waals surface area contributed by atoms with E-state index in [1.165, 1.54) is 5.56 Å². The van der Waals surface area contributed by atoms with Crippen LogP contribution in [-0.2, 0) is 13.0 Å². The molecule has 5 heteroatoms. The number of carbonyl (C=O) groups is 1. The van der Waals surface area contributed by atoms with E-state index in [0.29, 0.717) is 12.2 Å². The minimum atomic E-state index is -0.105. The molecule has 0 atom stereocenters. The third-order valence-electron chi connectivity index (χ3n) is 5.53. The zero-order valence-corrected chi connectivity index (χ0v) is 15.0. The highest BCUT2D eigenvalue weighted by atomic mass is 16.5. The number of hydrogen-bond donors (Lipinski definition) is 0. The minimum Gasteiger partial charge on any atom is -0.487 e. The van der Waals surface area contributed by atoms with Crippen molar-refractivity contribution >= 4 is 5.91 Å². The highest BCUT2D eigenvalue weighted by Crippen LogP contribution is 2.39. The maximum absolute atomic E-state index is 12.9. The molecule has 1 aromatic carbocycles. The van der Waals surface area contributed by atoms with Gasteiger partial charge in [-0.1, -0.05) is 18.2 Å². The molecule has 0 bridgehead atoms. The zero-order valence-electron chi connectivity index (χ0n) is 15.0. The quantitative estimate of drug-likeness (QED) is 0.844. The fraction of sp³-hybridized carbons (Fsp3) is 0.500. The van der Waals surface area contributed by atoms with E-state index in [-0.39, 0.29) is 11.5 Å². The lowest BCUT2D eigenvalue weighted by Gasteiger charge is -2.44. The lowest BCUT2D eigenvalue weighted by molar-refractivity contribution is -0.0109. The first kappa shape index (κ1) is 16.2. The van der Waals surface area contributed by atoms with Crippen LogP contribution in [0.4, 0.5) is 0 Å². The number of benzene rings is 1. The van der Waals surface area contributed by atoms with Gasteiger partial charge in [0.2, 0.25) is 0 Å². The first-order valence-corrected chi connectivity index (χ1v) is 9.21. The molecule has 2 aliphatic heterocycles. The summed E-state index contributed by atoms with van der Waals surface area (Å²) in [5.41, 5.74) is 2.79. The van der Waals surface area contributed by atoms with Crippen LogP contribution >= 0.6 is 0 Å². The molecular weight excluding hydrogens is 314 g/mol. The van der Waals surface area contributed by atoms with Crippen molar-refractivity contribution in [3.63, 3.8) is 0 Å². The van der Waals surface area contributed by atoms with Gasteiger partial charge in [-0.3, -0.25) is 9.48 Å². The lowest BCUT2D eigenvalue weighted by atomic mass is 9.83. The van der Waals surface area contributed by atoms with Crippen LogP contribution in [0.1, 0.15) is 47.9 Å². The van der Waals surface area contributed by atoms with Gasteiger partial charge in [-0.15, -0.1) is 0 Å². The highest BCUT2D eigenvalue weighted by Gasteiger charge is 2.40. The molecule has 3 heterocycles. The molecule has 0 aliphatic carbocycles. The zero-order chi connectivity index (χ0) is 17.4. The Morgan fingerprint density at radius 3 is 2.76 bits per heavy atom. The van der Waals surface area contributed by atoms with Crippen LogP contribution in [0.25, 0.3) is 0 Å². The number of rotatable bonds is 2. The SMILES string of the molecule is CCn1nc(C)cc1C(=O)N1CCC2(CCc3ccccc3O2)CC1. The van der Waals surface area contributed by atoms with E-state index < -0.39 is 0 Å². The van der Waals surface area contributed by atoms with Gasteiger partial charge in [0.25, 0.3) is 5.91 Å². The number of aryl methyl sites for hydroxylation is 3. The lowest BCUT2D eigenvalue weighted by Crippen LogP contribution is -2.51. The van der Waals surface area contributed by atoms with Gasteiger partial charge in [-0.2, -0.15) is 5.10 Å². The van der Waals surface area contributed by atoms with Crippen LogP contribution in [0, 0.1) is 6.92 Å². The number of carbonyl (C=O) groups excluding carboxylic acids is 1. The average molecular weight is 339 g/mol. The number of para-hydroxylation sites is 1.